The van der Waals surface area contributed by atoms with Gasteiger partial charge in [0, 0.05) is 30.8 Å². The summed E-state index contributed by atoms with van der Waals surface area (Å²) in [6.07, 6.45) is 0.759. The second-order valence-electron chi connectivity index (χ2n) is 10.3. The van der Waals surface area contributed by atoms with Crippen LogP contribution in [0.1, 0.15) is 59.8 Å². The Bertz CT molecular complexity index is 1190. The van der Waals surface area contributed by atoms with E-state index in [9.17, 15) is 38.9 Å². The third kappa shape index (κ3) is 9.52. The maximum absolute atomic E-state index is 13.3. The van der Waals surface area contributed by atoms with Gasteiger partial charge in [0.15, 0.2) is 0 Å². The molecule has 15 heteroatoms. The van der Waals surface area contributed by atoms with Gasteiger partial charge in [0.1, 0.15) is 24.2 Å². The summed E-state index contributed by atoms with van der Waals surface area (Å²) in [7, 11) is 0. The van der Waals surface area contributed by atoms with E-state index in [0.29, 0.717) is 24.9 Å². The van der Waals surface area contributed by atoms with Gasteiger partial charge in [0.05, 0.1) is 11.3 Å². The molecule has 1 aromatic rings. The molecule has 0 radical (unpaired) electrons. The highest BCUT2D eigenvalue weighted by molar-refractivity contribution is 5.99. The lowest BCUT2D eigenvalue weighted by Gasteiger charge is -2.30. The number of aliphatic carboxylic acids is 1. The van der Waals surface area contributed by atoms with Crippen LogP contribution >= 0.6 is 0 Å². The zero-order valence-corrected chi connectivity index (χ0v) is 24.0. The number of nitrogens with one attached hydrogen (secondary N) is 4. The molecule has 5 N–H and O–H groups in total. The van der Waals surface area contributed by atoms with Gasteiger partial charge in [-0.15, -0.1) is 0 Å². The maximum atomic E-state index is 13.3. The van der Waals surface area contributed by atoms with Crippen LogP contribution in [0.15, 0.2) is 24.3 Å². The van der Waals surface area contributed by atoms with E-state index < -0.39 is 64.6 Å². The molecule has 0 bridgehead atoms. The molecule has 5 amide bonds. The first-order valence-corrected chi connectivity index (χ1v) is 13.7. The Morgan fingerprint density at radius 2 is 1.62 bits per heavy atom. The number of hydrogen-bond donors (Lipinski definition) is 5. The number of hydrogen-bond acceptors (Lipinski definition) is 8. The van der Waals surface area contributed by atoms with Crippen LogP contribution in [0.3, 0.4) is 0 Å². The average molecular weight is 591 g/mol. The van der Waals surface area contributed by atoms with Gasteiger partial charge in [-0.25, -0.2) is 0 Å². The lowest BCUT2D eigenvalue weighted by molar-refractivity contribution is -0.384. The molecule has 1 aliphatic heterocycles. The van der Waals surface area contributed by atoms with Crippen LogP contribution in [0.5, 0.6) is 0 Å². The van der Waals surface area contributed by atoms with E-state index >= 15 is 0 Å². The number of nitro benzene ring substituents is 1. The largest absolute Gasteiger partial charge is 0.481 e. The number of amides is 5. The molecule has 0 aromatic heterocycles. The highest BCUT2D eigenvalue weighted by Crippen LogP contribution is 2.21. The van der Waals surface area contributed by atoms with E-state index in [2.05, 4.69) is 21.3 Å². The van der Waals surface area contributed by atoms with Crippen molar-refractivity contribution in [1.29, 1.82) is 0 Å². The summed E-state index contributed by atoms with van der Waals surface area (Å²) in [5.41, 5.74) is 0.189. The van der Waals surface area contributed by atoms with Crippen LogP contribution in [0.2, 0.25) is 0 Å². The molecule has 15 nitrogen and oxygen atoms in total. The minimum atomic E-state index is -1.15. The minimum absolute atomic E-state index is 0.133. The predicted octanol–water partition coefficient (Wildman–Crippen LogP) is 0.929. The number of carboxylic acid groups (broad SMARTS) is 1. The number of anilines is 1. The molecular formula is C27H38N6O9. The summed E-state index contributed by atoms with van der Waals surface area (Å²) in [5, 5.41) is 29.9. The molecular weight excluding hydrogens is 552 g/mol. The van der Waals surface area contributed by atoms with Crippen molar-refractivity contribution in [2.45, 2.75) is 84.0 Å². The van der Waals surface area contributed by atoms with Crippen LogP contribution in [0.4, 0.5) is 11.4 Å². The minimum Gasteiger partial charge on any atom is -0.481 e. The molecule has 0 unspecified atom stereocenters. The van der Waals surface area contributed by atoms with Crippen molar-refractivity contribution >= 4 is 46.9 Å². The lowest BCUT2D eigenvalue weighted by Crippen LogP contribution is -2.57. The third-order valence-electron chi connectivity index (χ3n) is 7.04. The predicted molar refractivity (Wildman–Crippen MR) is 150 cm³/mol. The third-order valence-corrected chi connectivity index (χ3v) is 7.04. The Hall–Kier alpha value is -4.56. The van der Waals surface area contributed by atoms with Crippen LogP contribution in [-0.2, 0) is 28.8 Å². The van der Waals surface area contributed by atoms with Crippen LogP contribution < -0.4 is 21.3 Å². The molecule has 1 heterocycles. The summed E-state index contributed by atoms with van der Waals surface area (Å²) in [6.45, 7) is 6.76. The fraction of sp³-hybridized carbons (Fsp3) is 0.556. The summed E-state index contributed by atoms with van der Waals surface area (Å²) >= 11 is 0. The number of carbonyl (C=O) groups is 6. The van der Waals surface area contributed by atoms with Crippen molar-refractivity contribution in [3.63, 3.8) is 0 Å². The quantitative estimate of drug-likeness (QED) is 0.154. The number of carboxylic acids is 1. The summed E-state index contributed by atoms with van der Waals surface area (Å²) in [4.78, 5) is 86.2. The van der Waals surface area contributed by atoms with E-state index in [1.165, 1.54) is 43.0 Å². The molecule has 2 rings (SSSR count). The van der Waals surface area contributed by atoms with Gasteiger partial charge in [-0.2, -0.15) is 0 Å². The van der Waals surface area contributed by atoms with E-state index in [0.717, 1.165) is 0 Å². The first kappa shape index (κ1) is 33.6. The second-order valence-corrected chi connectivity index (χ2v) is 10.3. The molecule has 0 saturated carbocycles. The van der Waals surface area contributed by atoms with Gasteiger partial charge >= 0.3 is 5.97 Å². The van der Waals surface area contributed by atoms with Gasteiger partial charge in [-0.05, 0) is 44.7 Å². The molecule has 1 aromatic carbocycles. The monoisotopic (exact) mass is 590 g/mol. The molecule has 0 aliphatic carbocycles. The normalized spacial score (nSPS) is 17.2. The molecule has 5 atom stereocenters. The Balaban J connectivity index is 2.02. The number of nitrogens with zero attached hydrogens (tertiary/aromatic N) is 2. The first-order chi connectivity index (χ1) is 19.7. The highest BCUT2D eigenvalue weighted by atomic mass is 16.6. The van der Waals surface area contributed by atoms with Crippen molar-refractivity contribution < 1.29 is 38.8 Å². The fourth-order valence-electron chi connectivity index (χ4n) is 4.39. The smallest absolute Gasteiger partial charge is 0.303 e. The first-order valence-electron chi connectivity index (χ1n) is 13.7. The number of likely N-dealkylation sites (tertiary alicyclic amines) is 1. The molecule has 0 spiro atoms. The zero-order chi connectivity index (χ0) is 31.6. The SMILES string of the molecule is CC[C@H](C)[C@H](NC(=O)[C@@H]1CCCN1C(=O)[C@H](C)NC(=O)[C@H](C)NC(=O)CCC(=O)O)C(=O)Nc1ccc([N+](=O)[O-])cc1. The van der Waals surface area contributed by atoms with Crippen LogP contribution in [-0.4, -0.2) is 81.1 Å². The number of nitro groups is 1. The fourth-order valence-corrected chi connectivity index (χ4v) is 4.39. The van der Waals surface area contributed by atoms with Crippen molar-refractivity contribution in [3.8, 4) is 0 Å². The molecule has 1 fully saturated rings. The molecule has 1 aliphatic rings. The van der Waals surface area contributed by atoms with Gasteiger partial charge < -0.3 is 31.3 Å². The van der Waals surface area contributed by atoms with E-state index in [1.807, 2.05) is 6.92 Å². The molecule has 42 heavy (non-hydrogen) atoms. The number of rotatable bonds is 14. The van der Waals surface area contributed by atoms with E-state index in [4.69, 9.17) is 5.11 Å². The summed E-state index contributed by atoms with van der Waals surface area (Å²) in [5.74, 6) is -4.25. The van der Waals surface area contributed by atoms with Crippen molar-refractivity contribution in [2.75, 3.05) is 11.9 Å². The maximum Gasteiger partial charge on any atom is 0.303 e. The van der Waals surface area contributed by atoms with Crippen molar-refractivity contribution in [1.82, 2.24) is 20.9 Å². The second kappa shape index (κ2) is 15.4. The topological polar surface area (TPSA) is 217 Å². The van der Waals surface area contributed by atoms with Gasteiger partial charge in [-0.3, -0.25) is 38.9 Å². The summed E-state index contributed by atoms with van der Waals surface area (Å²) in [6, 6.07) is 1.42. The van der Waals surface area contributed by atoms with Crippen LogP contribution in [0.25, 0.3) is 0 Å². The average Bonchev–Trinajstić information content (AvgIpc) is 3.44. The Morgan fingerprint density at radius 1 is 0.976 bits per heavy atom. The highest BCUT2D eigenvalue weighted by Gasteiger charge is 2.38. The number of carbonyl (C=O) groups excluding carboxylic acids is 5. The van der Waals surface area contributed by atoms with E-state index in [1.54, 1.807) is 6.92 Å². The standard InChI is InChI=1S/C27H38N6O9/c1-5-15(2)23(26(39)30-18-8-10-19(11-9-18)33(41)42)31-25(38)20-7-6-14-32(20)27(40)17(4)29-24(37)16(3)28-21(34)12-13-22(35)36/h8-11,15-17,20,23H,5-7,12-14H2,1-4H3,(H,28,34)(H,29,37)(H,30,39)(H,31,38)(H,35,36)/t15-,16-,17-,20-,23-/m0/s1. The Morgan fingerprint density at radius 3 is 2.19 bits per heavy atom. The number of non-ortho nitro benzene ring substituents is 1. The van der Waals surface area contributed by atoms with Gasteiger partial charge in [0.25, 0.3) is 5.69 Å². The van der Waals surface area contributed by atoms with Crippen LogP contribution in [0, 0.1) is 16.0 Å². The Labute approximate surface area is 242 Å². The molecule has 230 valence electrons. The van der Waals surface area contributed by atoms with Crippen molar-refractivity contribution in [2.24, 2.45) is 5.92 Å². The van der Waals surface area contributed by atoms with Crippen molar-refractivity contribution in [3.05, 3.63) is 34.4 Å². The lowest BCUT2D eigenvalue weighted by atomic mass is 9.97. The summed E-state index contributed by atoms with van der Waals surface area (Å²) < 4.78 is 0. The molecule has 1 saturated heterocycles. The van der Waals surface area contributed by atoms with Gasteiger partial charge in [0.2, 0.25) is 29.5 Å². The zero-order valence-electron chi connectivity index (χ0n) is 24.0. The van der Waals surface area contributed by atoms with E-state index in [-0.39, 0.29) is 31.0 Å². The number of benzene rings is 1. The Kier molecular flexibility index (Phi) is 12.4. The van der Waals surface area contributed by atoms with Gasteiger partial charge in [-0.1, -0.05) is 20.3 Å².